The van der Waals surface area contributed by atoms with Crippen molar-refractivity contribution in [1.29, 1.82) is 5.26 Å². The summed E-state index contributed by atoms with van der Waals surface area (Å²) in [5, 5.41) is 9.45. The number of hydrogen-bond donors (Lipinski definition) is 0. The molecule has 1 aliphatic heterocycles. The van der Waals surface area contributed by atoms with Gasteiger partial charge in [-0.3, -0.25) is 0 Å². The smallest absolute Gasteiger partial charge is 0.171 e. The van der Waals surface area contributed by atoms with E-state index in [4.69, 9.17) is 9.47 Å². The fraction of sp³-hybridized carbons (Fsp3) is 0.950. The molecule has 0 spiro atoms. The van der Waals surface area contributed by atoms with Crippen LogP contribution in [-0.2, 0) is 9.47 Å². The van der Waals surface area contributed by atoms with E-state index in [2.05, 4.69) is 19.9 Å². The predicted molar refractivity (Wildman–Crippen MR) is 92.9 cm³/mol. The molecule has 0 bridgehead atoms. The van der Waals surface area contributed by atoms with Crippen LogP contribution in [0.2, 0.25) is 0 Å². The summed E-state index contributed by atoms with van der Waals surface area (Å²) in [4.78, 5) is 0. The molecule has 3 nitrogen and oxygen atoms in total. The van der Waals surface area contributed by atoms with Gasteiger partial charge >= 0.3 is 0 Å². The molecule has 1 saturated heterocycles. The van der Waals surface area contributed by atoms with Crippen molar-refractivity contribution in [2.75, 3.05) is 6.61 Å². The standard InChI is InChI=1S/C20H35NO2/c1-3-5-10-14-20(18-11-8-7-9-12-18)22-16-17(15-21)19(23-20)13-6-4-2/h17-19H,3-14,16H2,1-2H3. The third-order valence-corrected chi connectivity index (χ3v) is 5.67. The summed E-state index contributed by atoms with van der Waals surface area (Å²) in [5.74, 6) is 0.0303. The molecular weight excluding hydrogens is 286 g/mol. The quantitative estimate of drug-likeness (QED) is 0.547. The van der Waals surface area contributed by atoms with Crippen molar-refractivity contribution >= 4 is 0 Å². The highest BCUT2D eigenvalue weighted by atomic mass is 16.7. The van der Waals surface area contributed by atoms with E-state index >= 15 is 0 Å². The zero-order valence-corrected chi connectivity index (χ0v) is 15.2. The maximum Gasteiger partial charge on any atom is 0.171 e. The molecule has 1 aliphatic carbocycles. The second-order valence-electron chi connectivity index (χ2n) is 7.45. The summed E-state index contributed by atoms with van der Waals surface area (Å²) in [7, 11) is 0. The molecule has 0 aromatic heterocycles. The highest BCUT2D eigenvalue weighted by Gasteiger charge is 2.47. The normalized spacial score (nSPS) is 32.6. The van der Waals surface area contributed by atoms with E-state index in [0.29, 0.717) is 12.5 Å². The van der Waals surface area contributed by atoms with Gasteiger partial charge in [0.25, 0.3) is 0 Å². The molecule has 1 heterocycles. The summed E-state index contributed by atoms with van der Waals surface area (Å²) in [6.45, 7) is 5.01. The van der Waals surface area contributed by atoms with Crippen molar-refractivity contribution < 1.29 is 9.47 Å². The van der Waals surface area contributed by atoms with E-state index < -0.39 is 5.79 Å². The van der Waals surface area contributed by atoms with E-state index in [0.717, 1.165) is 25.7 Å². The Morgan fingerprint density at radius 1 is 1.04 bits per heavy atom. The maximum atomic E-state index is 9.45. The SMILES string of the molecule is CCCCCC1(C2CCCCC2)OCC(C#N)C(CCCC)O1. The van der Waals surface area contributed by atoms with Crippen molar-refractivity contribution in [3.8, 4) is 6.07 Å². The van der Waals surface area contributed by atoms with Gasteiger partial charge in [-0.15, -0.1) is 0 Å². The topological polar surface area (TPSA) is 42.2 Å². The monoisotopic (exact) mass is 321 g/mol. The lowest BCUT2D eigenvalue weighted by Crippen LogP contribution is -2.53. The van der Waals surface area contributed by atoms with Crippen molar-refractivity contribution in [3.05, 3.63) is 0 Å². The molecule has 2 fully saturated rings. The second kappa shape index (κ2) is 9.64. The minimum Gasteiger partial charge on any atom is -0.348 e. The molecule has 0 N–H and O–H groups in total. The van der Waals surface area contributed by atoms with E-state index in [-0.39, 0.29) is 12.0 Å². The van der Waals surface area contributed by atoms with Gasteiger partial charge in [0.05, 0.1) is 24.7 Å². The van der Waals surface area contributed by atoms with Crippen LogP contribution in [0.15, 0.2) is 0 Å². The molecule has 3 atom stereocenters. The van der Waals surface area contributed by atoms with E-state index in [9.17, 15) is 5.26 Å². The van der Waals surface area contributed by atoms with Crippen LogP contribution >= 0.6 is 0 Å². The molecule has 23 heavy (non-hydrogen) atoms. The largest absolute Gasteiger partial charge is 0.348 e. The van der Waals surface area contributed by atoms with Crippen molar-refractivity contribution in [1.82, 2.24) is 0 Å². The number of nitrogens with zero attached hydrogens (tertiary/aromatic N) is 1. The first-order valence-corrected chi connectivity index (χ1v) is 9.97. The van der Waals surface area contributed by atoms with Crippen LogP contribution in [-0.4, -0.2) is 18.5 Å². The lowest BCUT2D eigenvalue weighted by Gasteiger charge is -2.48. The van der Waals surface area contributed by atoms with Crippen LogP contribution < -0.4 is 0 Å². The average molecular weight is 322 g/mol. The zero-order chi connectivity index (χ0) is 16.5. The Kier molecular flexibility index (Phi) is 7.86. The number of unbranched alkanes of at least 4 members (excludes halogenated alkanes) is 3. The molecule has 0 aromatic rings. The Hall–Kier alpha value is -0.590. The number of rotatable bonds is 8. The molecule has 2 rings (SSSR count). The fourth-order valence-electron chi connectivity index (χ4n) is 4.21. The average Bonchev–Trinajstić information content (AvgIpc) is 2.61. The van der Waals surface area contributed by atoms with Crippen LogP contribution in [0.4, 0.5) is 0 Å². The summed E-state index contributed by atoms with van der Waals surface area (Å²) < 4.78 is 12.9. The van der Waals surface area contributed by atoms with Gasteiger partial charge in [-0.2, -0.15) is 5.26 Å². The van der Waals surface area contributed by atoms with Gasteiger partial charge in [-0.05, 0) is 25.7 Å². The summed E-state index contributed by atoms with van der Waals surface area (Å²) in [6.07, 6.45) is 14.4. The highest BCUT2D eigenvalue weighted by molar-refractivity contribution is 4.96. The molecule has 132 valence electrons. The molecule has 3 unspecified atom stereocenters. The van der Waals surface area contributed by atoms with Crippen molar-refractivity contribution in [2.45, 2.75) is 103 Å². The fourth-order valence-corrected chi connectivity index (χ4v) is 4.21. The molecule has 0 aromatic carbocycles. The maximum absolute atomic E-state index is 9.45. The van der Waals surface area contributed by atoms with Gasteiger partial charge in [0, 0.05) is 12.3 Å². The minimum absolute atomic E-state index is 0.0669. The van der Waals surface area contributed by atoms with Gasteiger partial charge < -0.3 is 9.47 Å². The van der Waals surface area contributed by atoms with Gasteiger partial charge in [0.1, 0.15) is 0 Å². The number of hydrogen-bond acceptors (Lipinski definition) is 3. The van der Waals surface area contributed by atoms with Crippen molar-refractivity contribution in [3.63, 3.8) is 0 Å². The minimum atomic E-state index is -0.401. The highest BCUT2D eigenvalue weighted by Crippen LogP contribution is 2.44. The van der Waals surface area contributed by atoms with Gasteiger partial charge in [-0.1, -0.05) is 58.8 Å². The van der Waals surface area contributed by atoms with E-state index in [1.165, 1.54) is 51.4 Å². The van der Waals surface area contributed by atoms with Gasteiger partial charge in [-0.25, -0.2) is 0 Å². The Morgan fingerprint density at radius 2 is 1.78 bits per heavy atom. The second-order valence-corrected chi connectivity index (χ2v) is 7.45. The zero-order valence-electron chi connectivity index (χ0n) is 15.2. The first kappa shape index (κ1) is 18.7. The van der Waals surface area contributed by atoms with E-state index in [1.807, 2.05) is 0 Å². The van der Waals surface area contributed by atoms with Crippen LogP contribution in [0.3, 0.4) is 0 Å². The summed E-state index contributed by atoms with van der Waals surface area (Å²) in [6, 6.07) is 2.42. The van der Waals surface area contributed by atoms with Crippen molar-refractivity contribution in [2.24, 2.45) is 11.8 Å². The first-order chi connectivity index (χ1) is 11.3. The Labute approximate surface area is 142 Å². The summed E-state index contributed by atoms with van der Waals surface area (Å²) >= 11 is 0. The van der Waals surface area contributed by atoms with Crippen LogP contribution in [0, 0.1) is 23.2 Å². The number of ether oxygens (including phenoxy) is 2. The van der Waals surface area contributed by atoms with Crippen LogP contribution in [0.1, 0.15) is 90.9 Å². The van der Waals surface area contributed by atoms with E-state index in [1.54, 1.807) is 0 Å². The third kappa shape index (κ3) is 4.94. The van der Waals surface area contributed by atoms with Gasteiger partial charge in [0.2, 0.25) is 0 Å². The molecule has 3 heteroatoms. The Bertz CT molecular complexity index is 372. The van der Waals surface area contributed by atoms with Crippen LogP contribution in [0.5, 0.6) is 0 Å². The Balaban J connectivity index is 2.09. The molecule has 1 saturated carbocycles. The predicted octanol–water partition coefficient (Wildman–Crippen LogP) is 5.59. The molecule has 2 aliphatic rings. The Morgan fingerprint density at radius 3 is 2.43 bits per heavy atom. The molecule has 0 amide bonds. The lowest BCUT2D eigenvalue weighted by molar-refractivity contribution is -0.335. The summed E-state index contributed by atoms with van der Waals surface area (Å²) in [5.41, 5.74) is 0. The van der Waals surface area contributed by atoms with Gasteiger partial charge in [0.15, 0.2) is 5.79 Å². The first-order valence-electron chi connectivity index (χ1n) is 9.97. The third-order valence-electron chi connectivity index (χ3n) is 5.67. The molecule has 0 radical (unpaired) electrons. The molecular formula is C20H35NO2. The van der Waals surface area contributed by atoms with Crippen LogP contribution in [0.25, 0.3) is 0 Å². The lowest BCUT2D eigenvalue weighted by atomic mass is 9.79. The number of nitriles is 1.